The number of alkyl halides is 2. The van der Waals surface area contributed by atoms with Crippen molar-refractivity contribution in [3.63, 3.8) is 0 Å². The fourth-order valence-electron chi connectivity index (χ4n) is 3.67. The number of carbonyl (C=O) groups is 3. The molecule has 7 nitrogen and oxygen atoms in total. The predicted octanol–water partition coefficient (Wildman–Crippen LogP) is 3.31. The number of anilines is 1. The zero-order valence-electron chi connectivity index (χ0n) is 20.1. The first-order valence-electron chi connectivity index (χ1n) is 11.6. The van der Waals surface area contributed by atoms with Crippen LogP contribution in [0.3, 0.4) is 0 Å². The molecule has 0 heterocycles. The average Bonchev–Trinajstić information content (AvgIpc) is 2.84. The monoisotopic (exact) mass is 521 g/mol. The van der Waals surface area contributed by atoms with Crippen LogP contribution < -0.4 is 15.5 Å². The molecule has 2 aromatic rings. The SMILES string of the molecule is CCOC(=O)[C@@H](Cc1ccc(N(CCCl)CCCl)cc1)NC(=O)[C@@H](Cc1ccccc1)NC(C)=O. The van der Waals surface area contributed by atoms with Gasteiger partial charge in [-0.2, -0.15) is 0 Å². The van der Waals surface area contributed by atoms with Crippen molar-refractivity contribution in [2.24, 2.45) is 0 Å². The van der Waals surface area contributed by atoms with E-state index < -0.39 is 24.0 Å². The molecule has 0 saturated heterocycles. The first kappa shape index (κ1) is 28.5. The third-order valence-corrected chi connectivity index (χ3v) is 5.65. The van der Waals surface area contributed by atoms with Gasteiger partial charge in [-0.3, -0.25) is 9.59 Å². The van der Waals surface area contributed by atoms with Crippen molar-refractivity contribution in [2.45, 2.75) is 38.8 Å². The molecule has 2 aromatic carbocycles. The Bertz CT molecular complexity index is 935. The molecule has 0 aliphatic heterocycles. The second kappa shape index (κ2) is 15.3. The number of amides is 2. The molecule has 9 heteroatoms. The van der Waals surface area contributed by atoms with Crippen molar-refractivity contribution in [2.75, 3.05) is 36.4 Å². The molecule has 0 radical (unpaired) electrons. The summed E-state index contributed by atoms with van der Waals surface area (Å²) in [4.78, 5) is 39.6. The van der Waals surface area contributed by atoms with Crippen LogP contribution in [0.15, 0.2) is 54.6 Å². The van der Waals surface area contributed by atoms with Crippen LogP contribution in [0.2, 0.25) is 0 Å². The van der Waals surface area contributed by atoms with Gasteiger partial charge in [0.15, 0.2) is 0 Å². The zero-order valence-corrected chi connectivity index (χ0v) is 21.6. The van der Waals surface area contributed by atoms with Gasteiger partial charge in [-0.1, -0.05) is 42.5 Å². The fourth-order valence-corrected chi connectivity index (χ4v) is 4.07. The van der Waals surface area contributed by atoms with Gasteiger partial charge in [-0.25, -0.2) is 4.79 Å². The number of ether oxygens (including phenoxy) is 1. The van der Waals surface area contributed by atoms with E-state index in [1.54, 1.807) is 6.92 Å². The molecule has 0 aliphatic rings. The van der Waals surface area contributed by atoms with Crippen molar-refractivity contribution in [1.29, 1.82) is 0 Å². The number of nitrogens with one attached hydrogen (secondary N) is 2. The Labute approximate surface area is 217 Å². The van der Waals surface area contributed by atoms with Crippen LogP contribution in [0.25, 0.3) is 0 Å². The van der Waals surface area contributed by atoms with E-state index in [0.29, 0.717) is 31.3 Å². The van der Waals surface area contributed by atoms with Crippen molar-refractivity contribution < 1.29 is 19.1 Å². The molecule has 0 saturated carbocycles. The van der Waals surface area contributed by atoms with E-state index in [9.17, 15) is 14.4 Å². The smallest absolute Gasteiger partial charge is 0.328 e. The number of esters is 1. The van der Waals surface area contributed by atoms with Gasteiger partial charge in [0.25, 0.3) is 0 Å². The number of benzene rings is 2. The highest BCUT2D eigenvalue weighted by Gasteiger charge is 2.27. The Balaban J connectivity index is 2.17. The molecule has 2 atom stereocenters. The van der Waals surface area contributed by atoms with Gasteiger partial charge in [0.2, 0.25) is 11.8 Å². The maximum absolute atomic E-state index is 13.1. The largest absolute Gasteiger partial charge is 0.464 e. The topological polar surface area (TPSA) is 87.7 Å². The number of hydrogen-bond acceptors (Lipinski definition) is 5. The number of hydrogen-bond donors (Lipinski definition) is 2. The van der Waals surface area contributed by atoms with Gasteiger partial charge in [-0.15, -0.1) is 23.2 Å². The number of carbonyl (C=O) groups excluding carboxylic acids is 3. The summed E-state index contributed by atoms with van der Waals surface area (Å²) < 4.78 is 5.20. The molecule has 0 fully saturated rings. The van der Waals surface area contributed by atoms with Crippen LogP contribution in [0, 0.1) is 0 Å². The van der Waals surface area contributed by atoms with Crippen LogP contribution in [0.1, 0.15) is 25.0 Å². The summed E-state index contributed by atoms with van der Waals surface area (Å²) in [5.74, 6) is -0.351. The number of rotatable bonds is 14. The molecule has 35 heavy (non-hydrogen) atoms. The molecule has 0 spiro atoms. The molecule has 0 bridgehead atoms. The molecular formula is C26H33Cl2N3O4. The summed E-state index contributed by atoms with van der Waals surface area (Å²) in [6.45, 7) is 4.59. The molecule has 0 aliphatic carbocycles. The van der Waals surface area contributed by atoms with Crippen LogP contribution in [-0.2, 0) is 32.0 Å². The molecular weight excluding hydrogens is 489 g/mol. The Kier molecular flexibility index (Phi) is 12.4. The average molecular weight is 522 g/mol. The van der Waals surface area contributed by atoms with Gasteiger partial charge < -0.3 is 20.3 Å². The lowest BCUT2D eigenvalue weighted by Gasteiger charge is -2.24. The predicted molar refractivity (Wildman–Crippen MR) is 140 cm³/mol. The van der Waals surface area contributed by atoms with Gasteiger partial charge in [0.05, 0.1) is 6.61 Å². The van der Waals surface area contributed by atoms with Crippen molar-refractivity contribution in [1.82, 2.24) is 10.6 Å². The summed E-state index contributed by atoms with van der Waals surface area (Å²) in [6.07, 6.45) is 0.543. The van der Waals surface area contributed by atoms with Crippen LogP contribution in [0.5, 0.6) is 0 Å². The molecule has 0 unspecified atom stereocenters. The standard InChI is InChI=1S/C26H33Cl2N3O4/c1-3-35-26(34)24(18-21-9-11-22(12-10-21)31(15-13-27)16-14-28)30-25(33)23(29-19(2)32)17-20-7-5-4-6-8-20/h4-12,23-24H,3,13-18H2,1-2H3,(H,29,32)(H,30,33)/t23-,24-/m1/s1. The van der Waals surface area contributed by atoms with Crippen molar-refractivity contribution >= 4 is 46.7 Å². The Morgan fingerprint density at radius 1 is 0.857 bits per heavy atom. The Morgan fingerprint density at radius 3 is 1.97 bits per heavy atom. The van der Waals surface area contributed by atoms with Gasteiger partial charge in [-0.05, 0) is 30.2 Å². The van der Waals surface area contributed by atoms with E-state index in [0.717, 1.165) is 16.8 Å². The first-order valence-corrected chi connectivity index (χ1v) is 12.7. The summed E-state index contributed by atoms with van der Waals surface area (Å²) in [7, 11) is 0. The minimum absolute atomic E-state index is 0.190. The highest BCUT2D eigenvalue weighted by atomic mass is 35.5. The third kappa shape index (κ3) is 9.78. The van der Waals surface area contributed by atoms with E-state index in [4.69, 9.17) is 27.9 Å². The quantitative estimate of drug-likeness (QED) is 0.294. The second-order valence-corrected chi connectivity index (χ2v) is 8.75. The van der Waals surface area contributed by atoms with E-state index in [2.05, 4.69) is 15.5 Å². The summed E-state index contributed by atoms with van der Waals surface area (Å²) in [5, 5.41) is 5.46. The Hall–Kier alpha value is -2.77. The maximum Gasteiger partial charge on any atom is 0.328 e. The Morgan fingerprint density at radius 2 is 1.43 bits per heavy atom. The molecule has 0 aromatic heterocycles. The van der Waals surface area contributed by atoms with Crippen molar-refractivity contribution in [3.8, 4) is 0 Å². The van der Waals surface area contributed by atoms with Gasteiger partial charge in [0, 0.05) is 50.3 Å². The van der Waals surface area contributed by atoms with E-state index in [1.807, 2.05) is 54.6 Å². The van der Waals surface area contributed by atoms with Crippen LogP contribution in [-0.4, -0.2) is 61.3 Å². The number of halogens is 2. The van der Waals surface area contributed by atoms with E-state index in [-0.39, 0.29) is 18.9 Å². The molecule has 2 N–H and O–H groups in total. The minimum atomic E-state index is -0.901. The number of nitrogens with zero attached hydrogens (tertiary/aromatic N) is 1. The second-order valence-electron chi connectivity index (χ2n) is 7.99. The van der Waals surface area contributed by atoms with Crippen LogP contribution >= 0.6 is 23.2 Å². The molecule has 2 amide bonds. The maximum atomic E-state index is 13.1. The lowest BCUT2D eigenvalue weighted by molar-refractivity contribution is -0.147. The summed E-state index contributed by atoms with van der Waals surface area (Å²) in [5.41, 5.74) is 2.71. The minimum Gasteiger partial charge on any atom is -0.464 e. The lowest BCUT2D eigenvalue weighted by atomic mass is 10.0. The van der Waals surface area contributed by atoms with Crippen LogP contribution in [0.4, 0.5) is 5.69 Å². The summed E-state index contributed by atoms with van der Waals surface area (Å²) in [6, 6.07) is 15.3. The normalized spacial score (nSPS) is 12.3. The lowest BCUT2D eigenvalue weighted by Crippen LogP contribution is -2.53. The molecule has 190 valence electrons. The van der Waals surface area contributed by atoms with E-state index >= 15 is 0 Å². The fraction of sp³-hybridized carbons (Fsp3) is 0.423. The van der Waals surface area contributed by atoms with Gasteiger partial charge >= 0.3 is 5.97 Å². The molecule has 2 rings (SSSR count). The zero-order chi connectivity index (χ0) is 25.6. The first-order chi connectivity index (χ1) is 16.9. The van der Waals surface area contributed by atoms with Gasteiger partial charge in [0.1, 0.15) is 12.1 Å². The highest BCUT2D eigenvalue weighted by molar-refractivity contribution is 6.18. The van der Waals surface area contributed by atoms with E-state index in [1.165, 1.54) is 6.92 Å². The third-order valence-electron chi connectivity index (χ3n) is 5.31. The highest BCUT2D eigenvalue weighted by Crippen LogP contribution is 2.17. The van der Waals surface area contributed by atoms with Crippen molar-refractivity contribution in [3.05, 3.63) is 65.7 Å². The summed E-state index contributed by atoms with van der Waals surface area (Å²) >= 11 is 11.8.